The molecule has 0 fully saturated rings. The predicted octanol–water partition coefficient (Wildman–Crippen LogP) is 1.02. The second-order valence-electron chi connectivity index (χ2n) is 4.06. The molecule has 0 spiro atoms. The monoisotopic (exact) mass is 213 g/mol. The SMILES string of the molecule is COC(C)(C)CCNCCc1ncon1. The Morgan fingerprint density at radius 1 is 1.47 bits per heavy atom. The van der Waals surface area contributed by atoms with Crippen LogP contribution >= 0.6 is 0 Å². The van der Waals surface area contributed by atoms with Crippen LogP contribution in [0, 0.1) is 0 Å². The summed E-state index contributed by atoms with van der Waals surface area (Å²) < 4.78 is 9.94. The molecule has 0 radical (unpaired) electrons. The lowest BCUT2D eigenvalue weighted by atomic mass is 10.1. The van der Waals surface area contributed by atoms with E-state index in [2.05, 4.69) is 33.8 Å². The van der Waals surface area contributed by atoms with Crippen LogP contribution in [-0.2, 0) is 11.2 Å². The van der Waals surface area contributed by atoms with Gasteiger partial charge in [0.1, 0.15) is 0 Å². The molecule has 0 amide bonds. The van der Waals surface area contributed by atoms with Gasteiger partial charge in [-0.1, -0.05) is 5.16 Å². The molecule has 15 heavy (non-hydrogen) atoms. The minimum absolute atomic E-state index is 0.0564. The van der Waals surface area contributed by atoms with Crippen LogP contribution in [0.15, 0.2) is 10.9 Å². The Morgan fingerprint density at radius 3 is 2.87 bits per heavy atom. The van der Waals surface area contributed by atoms with Gasteiger partial charge < -0.3 is 14.6 Å². The molecular formula is C10H19N3O2. The average molecular weight is 213 g/mol. The summed E-state index contributed by atoms with van der Waals surface area (Å²) in [5.74, 6) is 0.744. The van der Waals surface area contributed by atoms with Gasteiger partial charge in [-0.15, -0.1) is 0 Å². The Hall–Kier alpha value is -0.940. The van der Waals surface area contributed by atoms with E-state index in [4.69, 9.17) is 4.74 Å². The van der Waals surface area contributed by atoms with Crippen molar-refractivity contribution in [1.29, 1.82) is 0 Å². The first-order valence-corrected chi connectivity index (χ1v) is 5.15. The Bertz CT molecular complexity index is 260. The van der Waals surface area contributed by atoms with Gasteiger partial charge in [-0.05, 0) is 26.8 Å². The van der Waals surface area contributed by atoms with Crippen LogP contribution in [0.3, 0.4) is 0 Å². The highest BCUT2D eigenvalue weighted by atomic mass is 16.5. The first-order valence-electron chi connectivity index (χ1n) is 5.15. The van der Waals surface area contributed by atoms with Gasteiger partial charge in [-0.2, -0.15) is 4.98 Å². The third kappa shape index (κ3) is 4.90. The van der Waals surface area contributed by atoms with Crippen molar-refractivity contribution >= 4 is 0 Å². The summed E-state index contributed by atoms with van der Waals surface area (Å²) >= 11 is 0. The quantitative estimate of drug-likeness (QED) is 0.685. The van der Waals surface area contributed by atoms with Gasteiger partial charge >= 0.3 is 0 Å². The normalized spacial score (nSPS) is 11.9. The Morgan fingerprint density at radius 2 is 2.27 bits per heavy atom. The Balaban J connectivity index is 2.03. The van der Waals surface area contributed by atoms with Crippen molar-refractivity contribution < 1.29 is 9.26 Å². The van der Waals surface area contributed by atoms with E-state index < -0.39 is 0 Å². The standard InChI is InChI=1S/C10H19N3O2/c1-10(2,14-3)5-7-11-6-4-9-12-8-15-13-9/h8,11H,4-7H2,1-3H3. The predicted molar refractivity (Wildman–Crippen MR) is 56.6 cm³/mol. The third-order valence-electron chi connectivity index (χ3n) is 2.39. The first kappa shape index (κ1) is 12.1. The molecule has 86 valence electrons. The van der Waals surface area contributed by atoms with E-state index in [-0.39, 0.29) is 5.60 Å². The van der Waals surface area contributed by atoms with E-state index in [1.807, 2.05) is 0 Å². The van der Waals surface area contributed by atoms with Crippen molar-refractivity contribution in [3.63, 3.8) is 0 Å². The molecular weight excluding hydrogens is 194 g/mol. The first-order chi connectivity index (χ1) is 7.14. The molecule has 0 aromatic carbocycles. The number of methoxy groups -OCH3 is 1. The van der Waals surface area contributed by atoms with Crippen LogP contribution < -0.4 is 5.32 Å². The molecule has 0 unspecified atom stereocenters. The summed E-state index contributed by atoms with van der Waals surface area (Å²) in [4.78, 5) is 3.94. The highest BCUT2D eigenvalue weighted by molar-refractivity contribution is 4.78. The van der Waals surface area contributed by atoms with Gasteiger partial charge in [0.05, 0.1) is 5.60 Å². The van der Waals surface area contributed by atoms with Gasteiger partial charge in [0.2, 0.25) is 6.39 Å². The minimum Gasteiger partial charge on any atom is -0.379 e. The van der Waals surface area contributed by atoms with Gasteiger partial charge in [-0.3, -0.25) is 0 Å². The summed E-state index contributed by atoms with van der Waals surface area (Å²) in [5, 5.41) is 7.04. The molecule has 1 rings (SSSR count). The number of nitrogens with one attached hydrogen (secondary N) is 1. The maximum absolute atomic E-state index is 5.31. The van der Waals surface area contributed by atoms with Gasteiger partial charge in [-0.25, -0.2) is 0 Å². The fraction of sp³-hybridized carbons (Fsp3) is 0.800. The zero-order valence-corrected chi connectivity index (χ0v) is 9.62. The molecule has 1 N–H and O–H groups in total. The Kier molecular flexibility index (Phi) is 4.71. The van der Waals surface area contributed by atoms with Crippen molar-refractivity contribution in [2.75, 3.05) is 20.2 Å². The molecule has 1 aromatic heterocycles. The van der Waals surface area contributed by atoms with E-state index in [0.717, 1.165) is 31.8 Å². The Labute approximate surface area is 90.2 Å². The van der Waals surface area contributed by atoms with Gasteiger partial charge in [0, 0.05) is 20.1 Å². The fourth-order valence-corrected chi connectivity index (χ4v) is 1.12. The lowest BCUT2D eigenvalue weighted by Gasteiger charge is -2.22. The summed E-state index contributed by atoms with van der Waals surface area (Å²) in [7, 11) is 1.74. The number of rotatable bonds is 7. The largest absolute Gasteiger partial charge is 0.379 e. The van der Waals surface area contributed by atoms with Crippen LogP contribution in [0.25, 0.3) is 0 Å². The number of aromatic nitrogens is 2. The molecule has 1 aromatic rings. The van der Waals surface area contributed by atoms with Crippen molar-refractivity contribution in [3.8, 4) is 0 Å². The maximum atomic E-state index is 5.31. The zero-order valence-electron chi connectivity index (χ0n) is 9.62. The van der Waals surface area contributed by atoms with Crippen molar-refractivity contribution in [1.82, 2.24) is 15.5 Å². The van der Waals surface area contributed by atoms with Gasteiger partial charge in [0.25, 0.3) is 0 Å². The second kappa shape index (κ2) is 5.82. The molecule has 0 aliphatic rings. The van der Waals surface area contributed by atoms with Crippen LogP contribution in [0.2, 0.25) is 0 Å². The summed E-state index contributed by atoms with van der Waals surface area (Å²) in [6, 6.07) is 0. The smallest absolute Gasteiger partial charge is 0.213 e. The van der Waals surface area contributed by atoms with Crippen LogP contribution in [0.4, 0.5) is 0 Å². The fourth-order valence-electron chi connectivity index (χ4n) is 1.12. The highest BCUT2D eigenvalue weighted by Crippen LogP contribution is 2.11. The molecule has 0 bridgehead atoms. The second-order valence-corrected chi connectivity index (χ2v) is 4.06. The summed E-state index contributed by atoms with van der Waals surface area (Å²) in [6.07, 6.45) is 3.13. The number of hydrogen-bond acceptors (Lipinski definition) is 5. The van der Waals surface area contributed by atoms with Gasteiger partial charge in [0.15, 0.2) is 5.82 Å². The average Bonchev–Trinajstić information content (AvgIpc) is 2.70. The van der Waals surface area contributed by atoms with E-state index in [1.165, 1.54) is 6.39 Å². The molecule has 0 saturated carbocycles. The van der Waals surface area contributed by atoms with Crippen LogP contribution in [0.1, 0.15) is 26.1 Å². The van der Waals surface area contributed by atoms with Crippen LogP contribution in [0.5, 0.6) is 0 Å². The molecule has 5 nitrogen and oxygen atoms in total. The number of hydrogen-bond donors (Lipinski definition) is 1. The molecule has 0 aliphatic carbocycles. The third-order valence-corrected chi connectivity index (χ3v) is 2.39. The van der Waals surface area contributed by atoms with E-state index in [9.17, 15) is 0 Å². The van der Waals surface area contributed by atoms with E-state index in [1.54, 1.807) is 7.11 Å². The molecule has 0 saturated heterocycles. The molecule has 0 atom stereocenters. The molecule has 0 aliphatic heterocycles. The maximum Gasteiger partial charge on any atom is 0.213 e. The molecule has 1 heterocycles. The minimum atomic E-state index is -0.0564. The summed E-state index contributed by atoms with van der Waals surface area (Å²) in [6.45, 7) is 5.94. The van der Waals surface area contributed by atoms with E-state index >= 15 is 0 Å². The number of nitrogens with zero attached hydrogens (tertiary/aromatic N) is 2. The van der Waals surface area contributed by atoms with Crippen molar-refractivity contribution in [3.05, 3.63) is 12.2 Å². The highest BCUT2D eigenvalue weighted by Gasteiger charge is 2.14. The lowest BCUT2D eigenvalue weighted by Crippen LogP contribution is -2.29. The van der Waals surface area contributed by atoms with E-state index in [0.29, 0.717) is 0 Å². The lowest BCUT2D eigenvalue weighted by molar-refractivity contribution is 0.0159. The number of ether oxygens (including phenoxy) is 1. The topological polar surface area (TPSA) is 60.2 Å². The van der Waals surface area contributed by atoms with Crippen molar-refractivity contribution in [2.45, 2.75) is 32.3 Å². The van der Waals surface area contributed by atoms with Crippen LogP contribution in [-0.4, -0.2) is 35.9 Å². The zero-order chi connectivity index (χ0) is 11.1. The molecule has 5 heteroatoms. The summed E-state index contributed by atoms with van der Waals surface area (Å²) in [5.41, 5.74) is -0.0564. The van der Waals surface area contributed by atoms with Crippen molar-refractivity contribution in [2.24, 2.45) is 0 Å².